The first-order valence-corrected chi connectivity index (χ1v) is 4.11. The molecule has 0 bridgehead atoms. The highest BCUT2D eigenvalue weighted by atomic mass is 35.5. The zero-order valence-electron chi connectivity index (χ0n) is 6.80. The molecule has 0 amide bonds. The second-order valence-electron chi connectivity index (χ2n) is 2.33. The van der Waals surface area contributed by atoms with Crippen molar-refractivity contribution >= 4 is 17.5 Å². The molecule has 1 aromatic carbocycles. The Morgan fingerprint density at radius 1 is 1.42 bits per heavy atom. The first kappa shape index (κ1) is 9.07. The maximum atomic E-state index is 7.27. The minimum absolute atomic E-state index is 0.261. The van der Waals surface area contributed by atoms with Crippen molar-refractivity contribution in [1.82, 2.24) is 0 Å². The summed E-state index contributed by atoms with van der Waals surface area (Å²) in [5, 5.41) is 7.94. The lowest BCUT2D eigenvalue weighted by Gasteiger charge is -2.03. The number of rotatable bonds is 2. The highest BCUT2D eigenvalue weighted by molar-refractivity contribution is 6.30. The van der Waals surface area contributed by atoms with E-state index in [0.29, 0.717) is 17.2 Å². The van der Waals surface area contributed by atoms with Crippen molar-refractivity contribution in [2.24, 2.45) is 0 Å². The molecule has 0 heterocycles. The van der Waals surface area contributed by atoms with Crippen molar-refractivity contribution in [2.75, 3.05) is 0 Å². The minimum Gasteiger partial charge on any atom is -0.444 e. The Kier molecular flexibility index (Phi) is 3.11. The van der Waals surface area contributed by atoms with Crippen LogP contribution in [0.5, 0.6) is 5.75 Å². The molecule has 3 heteroatoms. The smallest absolute Gasteiger partial charge is 0.187 e. The molecule has 0 aliphatic rings. The zero-order chi connectivity index (χ0) is 8.97. The van der Waals surface area contributed by atoms with Crippen LogP contribution in [0.15, 0.2) is 24.3 Å². The average Bonchev–Trinajstić information content (AvgIpc) is 2.09. The Balaban J connectivity index is 2.64. The van der Waals surface area contributed by atoms with Gasteiger partial charge in [0.2, 0.25) is 0 Å². The van der Waals surface area contributed by atoms with E-state index in [0.717, 1.165) is 0 Å². The summed E-state index contributed by atoms with van der Waals surface area (Å²) in [5.74, 6) is 0.920. The van der Waals surface area contributed by atoms with E-state index in [1.165, 1.54) is 0 Å². The second kappa shape index (κ2) is 4.12. The van der Waals surface area contributed by atoms with E-state index in [4.69, 9.17) is 21.7 Å². The van der Waals surface area contributed by atoms with E-state index < -0.39 is 0 Å². The molecule has 0 fully saturated rings. The topological polar surface area (TPSA) is 33.1 Å². The van der Waals surface area contributed by atoms with Crippen LogP contribution < -0.4 is 4.74 Å². The van der Waals surface area contributed by atoms with Gasteiger partial charge in [-0.3, -0.25) is 5.41 Å². The fourth-order valence-corrected chi connectivity index (χ4v) is 0.843. The molecule has 1 rings (SSSR count). The van der Waals surface area contributed by atoms with Crippen LogP contribution in [0.2, 0.25) is 5.02 Å². The maximum absolute atomic E-state index is 7.27. The van der Waals surface area contributed by atoms with Crippen LogP contribution >= 0.6 is 11.6 Å². The van der Waals surface area contributed by atoms with Crippen molar-refractivity contribution < 1.29 is 4.74 Å². The highest BCUT2D eigenvalue weighted by Gasteiger charge is 1.96. The van der Waals surface area contributed by atoms with E-state index in [2.05, 4.69) is 0 Å². The van der Waals surface area contributed by atoms with Crippen molar-refractivity contribution in [1.29, 1.82) is 5.41 Å². The number of benzene rings is 1. The number of hydrogen-bond acceptors (Lipinski definition) is 2. The number of nitrogens with one attached hydrogen (secondary N) is 1. The van der Waals surface area contributed by atoms with Gasteiger partial charge in [-0.25, -0.2) is 0 Å². The first-order chi connectivity index (χ1) is 5.72. The van der Waals surface area contributed by atoms with Crippen LogP contribution in [0.3, 0.4) is 0 Å². The SMILES string of the molecule is CCC(=N)Oc1ccc(Cl)cc1. The molecule has 12 heavy (non-hydrogen) atoms. The Morgan fingerprint density at radius 2 is 2.00 bits per heavy atom. The normalized spacial score (nSPS) is 9.50. The molecule has 0 saturated heterocycles. The summed E-state index contributed by atoms with van der Waals surface area (Å²) in [5.41, 5.74) is 0. The van der Waals surface area contributed by atoms with Gasteiger partial charge in [0, 0.05) is 11.4 Å². The van der Waals surface area contributed by atoms with Crippen LogP contribution in [0.4, 0.5) is 0 Å². The summed E-state index contributed by atoms with van der Waals surface area (Å²) >= 11 is 5.67. The summed E-state index contributed by atoms with van der Waals surface area (Å²) in [4.78, 5) is 0. The Hall–Kier alpha value is -1.02. The molecule has 1 N–H and O–H groups in total. The third-order valence-electron chi connectivity index (χ3n) is 1.38. The lowest BCUT2D eigenvalue weighted by molar-refractivity contribution is 0.530. The molecule has 0 radical (unpaired) electrons. The van der Waals surface area contributed by atoms with Gasteiger partial charge in [0.15, 0.2) is 5.90 Å². The van der Waals surface area contributed by atoms with E-state index in [9.17, 15) is 0 Å². The predicted octanol–water partition coefficient (Wildman–Crippen LogP) is 3.11. The Bertz CT molecular complexity index is 268. The standard InChI is InChI=1S/C9H10ClNO/c1-2-9(11)12-8-5-3-7(10)4-6-8/h3-6,11H,2H2,1H3. The van der Waals surface area contributed by atoms with Gasteiger partial charge in [0.25, 0.3) is 0 Å². The van der Waals surface area contributed by atoms with Gasteiger partial charge < -0.3 is 4.74 Å². The number of halogens is 1. The Labute approximate surface area is 76.6 Å². The quantitative estimate of drug-likeness (QED) is 0.555. The molecule has 1 aromatic rings. The van der Waals surface area contributed by atoms with Crippen LogP contribution in [-0.2, 0) is 0 Å². The van der Waals surface area contributed by atoms with Crippen molar-refractivity contribution in [2.45, 2.75) is 13.3 Å². The lowest BCUT2D eigenvalue weighted by Crippen LogP contribution is -2.03. The molecule has 0 atom stereocenters. The van der Waals surface area contributed by atoms with E-state index in [-0.39, 0.29) is 5.90 Å². The molecular formula is C9H10ClNO. The van der Waals surface area contributed by atoms with Crippen LogP contribution in [0, 0.1) is 5.41 Å². The summed E-state index contributed by atoms with van der Waals surface area (Å²) in [7, 11) is 0. The van der Waals surface area contributed by atoms with Gasteiger partial charge >= 0.3 is 0 Å². The largest absolute Gasteiger partial charge is 0.444 e. The molecule has 0 aliphatic heterocycles. The van der Waals surface area contributed by atoms with Gasteiger partial charge in [-0.1, -0.05) is 18.5 Å². The van der Waals surface area contributed by atoms with E-state index in [1.807, 2.05) is 6.92 Å². The van der Waals surface area contributed by atoms with Crippen LogP contribution in [0.1, 0.15) is 13.3 Å². The van der Waals surface area contributed by atoms with E-state index >= 15 is 0 Å². The number of hydrogen-bond donors (Lipinski definition) is 1. The van der Waals surface area contributed by atoms with Crippen molar-refractivity contribution in [3.05, 3.63) is 29.3 Å². The molecule has 0 aliphatic carbocycles. The van der Waals surface area contributed by atoms with Crippen LogP contribution in [0.25, 0.3) is 0 Å². The van der Waals surface area contributed by atoms with Gasteiger partial charge in [-0.15, -0.1) is 0 Å². The van der Waals surface area contributed by atoms with E-state index in [1.54, 1.807) is 24.3 Å². The molecule has 0 unspecified atom stereocenters. The molecular weight excluding hydrogens is 174 g/mol. The zero-order valence-corrected chi connectivity index (χ0v) is 7.56. The highest BCUT2D eigenvalue weighted by Crippen LogP contribution is 2.15. The fourth-order valence-electron chi connectivity index (χ4n) is 0.717. The average molecular weight is 184 g/mol. The van der Waals surface area contributed by atoms with Gasteiger partial charge in [0.1, 0.15) is 5.75 Å². The maximum Gasteiger partial charge on any atom is 0.187 e. The first-order valence-electron chi connectivity index (χ1n) is 3.73. The molecule has 0 aromatic heterocycles. The van der Waals surface area contributed by atoms with Gasteiger partial charge in [-0.05, 0) is 24.3 Å². The lowest BCUT2D eigenvalue weighted by atomic mass is 10.3. The molecule has 0 spiro atoms. The summed E-state index contributed by atoms with van der Waals surface area (Å²) in [6.07, 6.45) is 0.600. The van der Waals surface area contributed by atoms with Gasteiger partial charge in [-0.2, -0.15) is 0 Å². The minimum atomic E-state index is 0.261. The molecule has 0 saturated carbocycles. The third kappa shape index (κ3) is 2.55. The number of ether oxygens (including phenoxy) is 1. The fraction of sp³-hybridized carbons (Fsp3) is 0.222. The molecule has 64 valence electrons. The summed E-state index contributed by atoms with van der Waals surface area (Å²) in [6.45, 7) is 1.87. The summed E-state index contributed by atoms with van der Waals surface area (Å²) in [6, 6.07) is 6.96. The summed E-state index contributed by atoms with van der Waals surface area (Å²) < 4.78 is 5.14. The van der Waals surface area contributed by atoms with Crippen LogP contribution in [-0.4, -0.2) is 5.90 Å². The van der Waals surface area contributed by atoms with Gasteiger partial charge in [0.05, 0.1) is 0 Å². The monoisotopic (exact) mass is 183 g/mol. The van der Waals surface area contributed by atoms with Crippen molar-refractivity contribution in [3.63, 3.8) is 0 Å². The predicted molar refractivity (Wildman–Crippen MR) is 50.1 cm³/mol. The Morgan fingerprint density at radius 3 is 2.50 bits per heavy atom. The molecule has 2 nitrogen and oxygen atoms in total. The third-order valence-corrected chi connectivity index (χ3v) is 1.63. The van der Waals surface area contributed by atoms with Crippen molar-refractivity contribution in [3.8, 4) is 5.75 Å². The second-order valence-corrected chi connectivity index (χ2v) is 2.77.